The van der Waals surface area contributed by atoms with Crippen LogP contribution in [0.4, 0.5) is 4.79 Å². The highest BCUT2D eigenvalue weighted by molar-refractivity contribution is 7.80. The number of nitrogens with one attached hydrogen (secondary N) is 2. The molecule has 0 saturated carbocycles. The number of rotatable bonds is 10. The van der Waals surface area contributed by atoms with Crippen LogP contribution in [-0.4, -0.2) is 46.2 Å². The third-order valence-corrected chi connectivity index (χ3v) is 6.41. The van der Waals surface area contributed by atoms with Gasteiger partial charge in [-0.1, -0.05) is 61.0 Å². The Morgan fingerprint density at radius 3 is 2.24 bits per heavy atom. The summed E-state index contributed by atoms with van der Waals surface area (Å²) >= 11 is 4.35. The number of benzene rings is 2. The van der Waals surface area contributed by atoms with E-state index in [0.29, 0.717) is 13.0 Å². The number of aryl methyl sites for hydroxylation is 2. The SMILES string of the molecule is CCC(C)N(C(=O)C(CS)NC(=O)OC(C)(C)C)C(C(=O)NCc1ccccc1)c1ccc(C)cc1C. The third kappa shape index (κ3) is 8.81. The predicted molar refractivity (Wildman–Crippen MR) is 151 cm³/mol. The predicted octanol–water partition coefficient (Wildman–Crippen LogP) is 5.11. The van der Waals surface area contributed by atoms with Crippen LogP contribution in [-0.2, 0) is 20.9 Å². The van der Waals surface area contributed by atoms with Gasteiger partial charge >= 0.3 is 6.09 Å². The molecule has 37 heavy (non-hydrogen) atoms. The summed E-state index contributed by atoms with van der Waals surface area (Å²) in [7, 11) is 0. The lowest BCUT2D eigenvalue weighted by Crippen LogP contribution is -2.56. The monoisotopic (exact) mass is 527 g/mol. The smallest absolute Gasteiger partial charge is 0.408 e. The highest BCUT2D eigenvalue weighted by Gasteiger charge is 2.38. The average Bonchev–Trinajstić information content (AvgIpc) is 2.83. The van der Waals surface area contributed by atoms with Crippen molar-refractivity contribution in [2.24, 2.45) is 0 Å². The van der Waals surface area contributed by atoms with Crippen molar-refractivity contribution in [1.29, 1.82) is 0 Å². The van der Waals surface area contributed by atoms with Gasteiger partial charge in [0, 0.05) is 18.3 Å². The molecule has 0 aromatic heterocycles. The summed E-state index contributed by atoms with van der Waals surface area (Å²) in [5.41, 5.74) is 2.94. The Balaban J connectivity index is 2.48. The van der Waals surface area contributed by atoms with Crippen molar-refractivity contribution < 1.29 is 19.1 Å². The van der Waals surface area contributed by atoms with E-state index in [9.17, 15) is 14.4 Å². The van der Waals surface area contributed by atoms with Gasteiger partial charge in [0.1, 0.15) is 17.7 Å². The molecule has 3 unspecified atom stereocenters. The molecule has 0 fully saturated rings. The molecule has 3 atom stereocenters. The zero-order valence-electron chi connectivity index (χ0n) is 23.0. The van der Waals surface area contributed by atoms with Gasteiger partial charge in [0.2, 0.25) is 11.8 Å². The summed E-state index contributed by atoms with van der Waals surface area (Å²) in [6, 6.07) is 13.3. The van der Waals surface area contributed by atoms with Crippen molar-refractivity contribution in [1.82, 2.24) is 15.5 Å². The number of nitrogens with zero attached hydrogens (tertiary/aromatic N) is 1. The topological polar surface area (TPSA) is 87.7 Å². The number of hydrogen-bond donors (Lipinski definition) is 3. The van der Waals surface area contributed by atoms with Gasteiger partial charge in [-0.05, 0) is 64.7 Å². The zero-order chi connectivity index (χ0) is 27.8. The van der Waals surface area contributed by atoms with Crippen LogP contribution in [0.25, 0.3) is 0 Å². The van der Waals surface area contributed by atoms with E-state index < -0.39 is 29.7 Å². The molecule has 0 radical (unpaired) electrons. The molecule has 0 aliphatic heterocycles. The number of thiol groups is 1. The Morgan fingerprint density at radius 1 is 1.05 bits per heavy atom. The minimum Gasteiger partial charge on any atom is -0.444 e. The highest BCUT2D eigenvalue weighted by Crippen LogP contribution is 2.29. The molecule has 0 heterocycles. The summed E-state index contributed by atoms with van der Waals surface area (Å²) in [6.45, 7) is 13.4. The average molecular weight is 528 g/mol. The Hall–Kier alpha value is -3.00. The van der Waals surface area contributed by atoms with Crippen LogP contribution >= 0.6 is 12.6 Å². The van der Waals surface area contributed by atoms with Gasteiger partial charge in [0.25, 0.3) is 0 Å². The fourth-order valence-corrected chi connectivity index (χ4v) is 4.29. The summed E-state index contributed by atoms with van der Waals surface area (Å²) in [4.78, 5) is 41.9. The fraction of sp³-hybridized carbons (Fsp3) is 0.483. The lowest BCUT2D eigenvalue weighted by atomic mass is 9.95. The van der Waals surface area contributed by atoms with Crippen molar-refractivity contribution in [3.63, 3.8) is 0 Å². The van der Waals surface area contributed by atoms with Crippen molar-refractivity contribution in [2.45, 2.75) is 85.2 Å². The van der Waals surface area contributed by atoms with E-state index >= 15 is 0 Å². The molecule has 0 bridgehead atoms. The first kappa shape index (κ1) is 30.2. The summed E-state index contributed by atoms with van der Waals surface area (Å²) in [5, 5.41) is 5.67. The maximum atomic E-state index is 14.0. The van der Waals surface area contributed by atoms with E-state index in [2.05, 4.69) is 23.3 Å². The molecule has 2 rings (SSSR count). The number of ether oxygens (including phenoxy) is 1. The van der Waals surface area contributed by atoms with Crippen LogP contribution in [0.2, 0.25) is 0 Å². The van der Waals surface area contributed by atoms with Crippen LogP contribution in [0.5, 0.6) is 0 Å². The molecule has 2 N–H and O–H groups in total. The molecular formula is C29H41N3O4S. The number of alkyl carbamates (subject to hydrolysis) is 1. The largest absolute Gasteiger partial charge is 0.444 e. The van der Waals surface area contributed by atoms with Crippen molar-refractivity contribution in [3.8, 4) is 0 Å². The van der Waals surface area contributed by atoms with Gasteiger partial charge in [0.05, 0.1) is 0 Å². The summed E-state index contributed by atoms with van der Waals surface area (Å²) in [5.74, 6) is -0.634. The second-order valence-electron chi connectivity index (χ2n) is 10.4. The molecule has 2 aromatic rings. The molecule has 3 amide bonds. The van der Waals surface area contributed by atoms with E-state index in [0.717, 1.165) is 22.3 Å². The Kier molecular flexibility index (Phi) is 11.0. The van der Waals surface area contributed by atoms with Crippen molar-refractivity contribution >= 4 is 30.5 Å². The Morgan fingerprint density at radius 2 is 1.70 bits per heavy atom. The zero-order valence-corrected chi connectivity index (χ0v) is 23.9. The maximum absolute atomic E-state index is 14.0. The molecule has 0 aliphatic rings. The minimum absolute atomic E-state index is 0.0518. The highest BCUT2D eigenvalue weighted by atomic mass is 32.1. The van der Waals surface area contributed by atoms with Gasteiger partial charge in [-0.25, -0.2) is 4.79 Å². The third-order valence-electron chi connectivity index (χ3n) is 6.05. The lowest BCUT2D eigenvalue weighted by Gasteiger charge is -2.38. The first-order valence-electron chi connectivity index (χ1n) is 12.7. The second-order valence-corrected chi connectivity index (χ2v) is 10.7. The number of amides is 3. The van der Waals surface area contributed by atoms with Gasteiger partial charge in [-0.15, -0.1) is 0 Å². The Bertz CT molecular complexity index is 1070. The Labute approximate surface area is 226 Å². The molecular weight excluding hydrogens is 486 g/mol. The van der Waals surface area contributed by atoms with Crippen molar-refractivity contribution in [3.05, 3.63) is 70.8 Å². The second kappa shape index (κ2) is 13.5. The maximum Gasteiger partial charge on any atom is 0.408 e. The summed E-state index contributed by atoms with van der Waals surface area (Å²) in [6.07, 6.45) is -0.0919. The van der Waals surface area contributed by atoms with E-state index in [4.69, 9.17) is 4.74 Å². The molecule has 8 heteroatoms. The molecule has 2 aromatic carbocycles. The van der Waals surface area contributed by atoms with Crippen LogP contribution < -0.4 is 10.6 Å². The normalized spacial score (nSPS) is 13.7. The standard InChI is InChI=1S/C29H41N3O4S/c1-8-21(4)32(27(34)24(18-37)31-28(35)36-29(5,6)7)25(23-15-14-19(2)16-20(23)3)26(33)30-17-22-12-10-9-11-13-22/h9-16,21,24-25,37H,8,17-18H2,1-7H3,(H,30,33)(H,31,35). The molecule has 0 spiro atoms. The first-order valence-corrected chi connectivity index (χ1v) is 13.3. The van der Waals surface area contributed by atoms with Gasteiger partial charge in [-0.3, -0.25) is 9.59 Å². The van der Waals surface area contributed by atoms with E-state index in [1.807, 2.05) is 76.2 Å². The van der Waals surface area contributed by atoms with E-state index in [1.54, 1.807) is 25.7 Å². The van der Waals surface area contributed by atoms with E-state index in [1.165, 1.54) is 0 Å². The molecule has 7 nitrogen and oxygen atoms in total. The van der Waals surface area contributed by atoms with E-state index in [-0.39, 0.29) is 17.7 Å². The lowest BCUT2D eigenvalue weighted by molar-refractivity contribution is -0.144. The van der Waals surface area contributed by atoms with Crippen LogP contribution in [0, 0.1) is 13.8 Å². The van der Waals surface area contributed by atoms with Crippen LogP contribution in [0.15, 0.2) is 48.5 Å². The van der Waals surface area contributed by atoms with Crippen LogP contribution in [0.1, 0.15) is 69.3 Å². The quantitative estimate of drug-likeness (QED) is 0.375. The van der Waals surface area contributed by atoms with Gasteiger partial charge in [-0.2, -0.15) is 12.6 Å². The number of carbonyl (C=O) groups is 3. The van der Waals surface area contributed by atoms with Gasteiger partial charge in [0.15, 0.2) is 0 Å². The molecule has 0 saturated heterocycles. The minimum atomic E-state index is -0.970. The van der Waals surface area contributed by atoms with Gasteiger partial charge < -0.3 is 20.3 Å². The molecule has 0 aliphatic carbocycles. The number of hydrogen-bond acceptors (Lipinski definition) is 5. The molecule has 202 valence electrons. The fourth-order valence-electron chi connectivity index (χ4n) is 4.04. The summed E-state index contributed by atoms with van der Waals surface area (Å²) < 4.78 is 5.37. The van der Waals surface area contributed by atoms with Crippen LogP contribution in [0.3, 0.4) is 0 Å². The number of carbonyl (C=O) groups excluding carboxylic acids is 3. The van der Waals surface area contributed by atoms with Crippen molar-refractivity contribution in [2.75, 3.05) is 5.75 Å². The first-order chi connectivity index (χ1) is 17.4.